The molecule has 1 rings (SSSR count). The van der Waals surface area contributed by atoms with E-state index in [9.17, 15) is 18.0 Å². The summed E-state index contributed by atoms with van der Waals surface area (Å²) in [5.41, 5.74) is 0.370. The summed E-state index contributed by atoms with van der Waals surface area (Å²) in [5, 5.41) is 11.3. The molecule has 0 heterocycles. The Hall–Kier alpha value is -1.89. The van der Waals surface area contributed by atoms with Crippen molar-refractivity contribution in [3.05, 3.63) is 35.4 Å². The van der Waals surface area contributed by atoms with E-state index < -0.39 is 26.5 Å². The van der Waals surface area contributed by atoms with Gasteiger partial charge in [-0.15, -0.1) is 0 Å². The Kier molecular flexibility index (Phi) is 5.11. The predicted molar refractivity (Wildman–Crippen MR) is 79.3 cm³/mol. The minimum atomic E-state index is -3.29. The van der Waals surface area contributed by atoms with Crippen molar-refractivity contribution < 1.29 is 23.1 Å². The quantitative estimate of drug-likeness (QED) is 0.854. The molecule has 0 saturated heterocycles. The lowest BCUT2D eigenvalue weighted by Crippen LogP contribution is -2.36. The van der Waals surface area contributed by atoms with Crippen molar-refractivity contribution in [2.45, 2.75) is 25.5 Å². The van der Waals surface area contributed by atoms with Crippen LogP contribution < -0.4 is 5.32 Å². The molecule has 1 aromatic carbocycles. The minimum Gasteiger partial charge on any atom is -0.478 e. The van der Waals surface area contributed by atoms with Gasteiger partial charge in [-0.3, -0.25) is 4.79 Å². The van der Waals surface area contributed by atoms with Gasteiger partial charge < -0.3 is 10.4 Å². The van der Waals surface area contributed by atoms with Crippen molar-refractivity contribution in [3.63, 3.8) is 0 Å². The topological polar surface area (TPSA) is 101 Å². The summed E-state index contributed by atoms with van der Waals surface area (Å²) in [4.78, 5) is 22.5. The van der Waals surface area contributed by atoms with Gasteiger partial charge in [-0.05, 0) is 45.0 Å². The number of aromatic carboxylic acids is 1. The van der Waals surface area contributed by atoms with Crippen LogP contribution in [0.5, 0.6) is 0 Å². The van der Waals surface area contributed by atoms with Crippen LogP contribution in [0.2, 0.25) is 0 Å². The average molecular weight is 313 g/mol. The van der Waals surface area contributed by atoms with E-state index in [1.807, 2.05) is 0 Å². The summed E-state index contributed by atoms with van der Waals surface area (Å²) in [5.74, 6) is -1.65. The maximum absolute atomic E-state index is 11.9. The summed E-state index contributed by atoms with van der Waals surface area (Å²) >= 11 is 0. The zero-order chi connectivity index (χ0) is 16.3. The highest BCUT2D eigenvalue weighted by Crippen LogP contribution is 2.15. The van der Waals surface area contributed by atoms with Crippen molar-refractivity contribution in [3.8, 4) is 0 Å². The van der Waals surface area contributed by atoms with Crippen LogP contribution in [0.4, 0.5) is 0 Å². The number of hydrogen-bond acceptors (Lipinski definition) is 4. The van der Waals surface area contributed by atoms with Gasteiger partial charge in [0.05, 0.1) is 16.1 Å². The van der Waals surface area contributed by atoms with Crippen molar-refractivity contribution >= 4 is 21.7 Å². The molecule has 0 radical (unpaired) electrons. The average Bonchev–Trinajstić information content (AvgIpc) is 2.37. The molecule has 0 spiro atoms. The second-order valence-electron chi connectivity index (χ2n) is 5.57. The standard InChI is InChI=1S/C14H19NO5S/c1-14(2,3)21(19,20)9-8-15-12(16)10-4-6-11(7-5-10)13(17)18/h4-7H,8-9H2,1-3H3,(H,15,16)(H,17,18). The highest BCUT2D eigenvalue weighted by molar-refractivity contribution is 7.92. The van der Waals surface area contributed by atoms with Crippen molar-refractivity contribution in [2.24, 2.45) is 0 Å². The third kappa shape index (κ3) is 4.56. The number of benzene rings is 1. The molecule has 0 aliphatic carbocycles. The van der Waals surface area contributed by atoms with Gasteiger partial charge in [-0.2, -0.15) is 0 Å². The number of carboxylic acid groups (broad SMARTS) is 1. The summed E-state index contributed by atoms with van der Waals surface area (Å²) < 4.78 is 22.9. The van der Waals surface area contributed by atoms with Gasteiger partial charge in [0.2, 0.25) is 0 Å². The first-order chi connectivity index (χ1) is 9.54. The minimum absolute atomic E-state index is 0.0130. The molecule has 0 aliphatic heterocycles. The highest BCUT2D eigenvalue weighted by atomic mass is 32.2. The van der Waals surface area contributed by atoms with Gasteiger partial charge in [0.1, 0.15) is 0 Å². The van der Waals surface area contributed by atoms with E-state index in [0.717, 1.165) is 0 Å². The fourth-order valence-corrected chi connectivity index (χ4v) is 2.45. The zero-order valence-electron chi connectivity index (χ0n) is 12.2. The van der Waals surface area contributed by atoms with Gasteiger partial charge in [-0.1, -0.05) is 0 Å². The number of nitrogens with one attached hydrogen (secondary N) is 1. The fourth-order valence-electron chi connectivity index (χ4n) is 1.47. The van der Waals surface area contributed by atoms with E-state index in [2.05, 4.69) is 5.32 Å². The fraction of sp³-hybridized carbons (Fsp3) is 0.429. The monoisotopic (exact) mass is 313 g/mol. The third-order valence-corrected chi connectivity index (χ3v) is 5.59. The molecule has 1 amide bonds. The highest BCUT2D eigenvalue weighted by Gasteiger charge is 2.28. The maximum atomic E-state index is 11.9. The summed E-state index contributed by atoms with van der Waals surface area (Å²) in [6.45, 7) is 4.83. The molecule has 1 aromatic rings. The zero-order valence-corrected chi connectivity index (χ0v) is 13.0. The van der Waals surface area contributed by atoms with E-state index in [1.54, 1.807) is 20.8 Å². The van der Waals surface area contributed by atoms with Crippen molar-refractivity contribution in [2.75, 3.05) is 12.3 Å². The Morgan fingerprint density at radius 2 is 1.57 bits per heavy atom. The van der Waals surface area contributed by atoms with Gasteiger partial charge >= 0.3 is 5.97 Å². The Bertz CT molecular complexity index is 626. The van der Waals surface area contributed by atoms with E-state index in [0.29, 0.717) is 0 Å². The molecule has 116 valence electrons. The molecule has 0 fully saturated rings. The van der Waals surface area contributed by atoms with Crippen LogP contribution in [0.15, 0.2) is 24.3 Å². The molecule has 0 unspecified atom stereocenters. The molecule has 2 N–H and O–H groups in total. The molecular weight excluding hydrogens is 294 g/mol. The van der Waals surface area contributed by atoms with Gasteiger partial charge in [0, 0.05) is 12.1 Å². The molecule has 0 bridgehead atoms. The van der Waals surface area contributed by atoms with Crippen LogP contribution in [0.3, 0.4) is 0 Å². The lowest BCUT2D eigenvalue weighted by Gasteiger charge is -2.19. The first kappa shape index (κ1) is 17.2. The first-order valence-electron chi connectivity index (χ1n) is 6.38. The lowest BCUT2D eigenvalue weighted by atomic mass is 10.1. The van der Waals surface area contributed by atoms with E-state index in [1.165, 1.54) is 24.3 Å². The number of amides is 1. The largest absolute Gasteiger partial charge is 0.478 e. The summed E-state index contributed by atoms with van der Waals surface area (Å²) in [6.07, 6.45) is 0. The van der Waals surface area contributed by atoms with Crippen LogP contribution in [-0.2, 0) is 9.84 Å². The van der Waals surface area contributed by atoms with Gasteiger partial charge in [0.15, 0.2) is 9.84 Å². The number of carbonyl (C=O) groups excluding carboxylic acids is 1. The summed E-state index contributed by atoms with van der Waals surface area (Å²) in [6, 6.07) is 5.42. The van der Waals surface area contributed by atoms with Crippen molar-refractivity contribution in [1.29, 1.82) is 0 Å². The molecule has 0 aromatic heterocycles. The molecule has 0 atom stereocenters. The van der Waals surface area contributed by atoms with Crippen LogP contribution in [0, 0.1) is 0 Å². The van der Waals surface area contributed by atoms with Crippen LogP contribution >= 0.6 is 0 Å². The Balaban J connectivity index is 2.61. The van der Waals surface area contributed by atoms with Crippen LogP contribution in [0.1, 0.15) is 41.5 Å². The third-order valence-electron chi connectivity index (χ3n) is 2.98. The smallest absolute Gasteiger partial charge is 0.335 e. The summed E-state index contributed by atoms with van der Waals surface area (Å²) in [7, 11) is -3.29. The first-order valence-corrected chi connectivity index (χ1v) is 8.04. The number of hydrogen-bond donors (Lipinski definition) is 2. The van der Waals surface area contributed by atoms with Crippen LogP contribution in [-0.4, -0.2) is 42.4 Å². The molecule has 7 heteroatoms. The second-order valence-corrected chi connectivity index (χ2v) is 8.43. The number of carboxylic acids is 1. The Labute approximate surface area is 124 Å². The SMILES string of the molecule is CC(C)(C)S(=O)(=O)CCNC(=O)c1ccc(C(=O)O)cc1. The molecule has 21 heavy (non-hydrogen) atoms. The Morgan fingerprint density at radius 1 is 1.10 bits per heavy atom. The van der Waals surface area contributed by atoms with Crippen LogP contribution in [0.25, 0.3) is 0 Å². The number of rotatable bonds is 5. The molecule has 0 saturated carbocycles. The van der Waals surface area contributed by atoms with Gasteiger partial charge in [0.25, 0.3) is 5.91 Å². The van der Waals surface area contributed by atoms with E-state index in [4.69, 9.17) is 5.11 Å². The lowest BCUT2D eigenvalue weighted by molar-refractivity contribution is 0.0696. The number of sulfone groups is 1. The molecule has 6 nitrogen and oxygen atoms in total. The van der Waals surface area contributed by atoms with Crippen molar-refractivity contribution in [1.82, 2.24) is 5.32 Å². The van der Waals surface area contributed by atoms with E-state index in [-0.39, 0.29) is 23.4 Å². The Morgan fingerprint density at radius 3 is 2.00 bits per heavy atom. The predicted octanol–water partition coefficient (Wildman–Crippen LogP) is 1.33. The van der Waals surface area contributed by atoms with Gasteiger partial charge in [-0.25, -0.2) is 13.2 Å². The number of carbonyl (C=O) groups is 2. The maximum Gasteiger partial charge on any atom is 0.335 e. The molecule has 0 aliphatic rings. The van der Waals surface area contributed by atoms with E-state index >= 15 is 0 Å². The second kappa shape index (κ2) is 6.26. The molecular formula is C14H19NO5S. The normalized spacial score (nSPS) is 12.0.